The van der Waals surface area contributed by atoms with Crippen LogP contribution in [0.1, 0.15) is 44.1 Å². The van der Waals surface area contributed by atoms with Gasteiger partial charge in [-0.15, -0.1) is 0 Å². The minimum absolute atomic E-state index is 0.0388. The number of aliphatic carboxylic acids is 1. The second-order valence-corrected chi connectivity index (χ2v) is 7.15. The number of amides is 2. The smallest absolute Gasteiger partial charge is 0.303 e. The molecule has 25 heavy (non-hydrogen) atoms. The summed E-state index contributed by atoms with van der Waals surface area (Å²) < 4.78 is 0. The number of benzene rings is 1. The van der Waals surface area contributed by atoms with E-state index < -0.39 is 11.5 Å². The number of carbonyl (C=O) groups is 3. The molecule has 1 aliphatic heterocycles. The zero-order valence-electron chi connectivity index (χ0n) is 13.6. The van der Waals surface area contributed by atoms with Gasteiger partial charge in [0.25, 0.3) is 0 Å². The molecule has 8 heteroatoms. The maximum Gasteiger partial charge on any atom is 0.303 e. The van der Waals surface area contributed by atoms with E-state index in [1.807, 2.05) is 0 Å². The number of hydrogen-bond acceptors (Lipinski definition) is 3. The Morgan fingerprint density at radius 2 is 1.80 bits per heavy atom. The molecule has 0 radical (unpaired) electrons. The molecule has 0 unspecified atom stereocenters. The Balaban J connectivity index is 1.86. The summed E-state index contributed by atoms with van der Waals surface area (Å²) in [5, 5.41) is 15.5. The molecule has 1 saturated heterocycles. The minimum Gasteiger partial charge on any atom is -0.481 e. The normalized spacial score (nSPS) is 19.5. The topological polar surface area (TPSA) is 95.5 Å². The number of halogens is 2. The van der Waals surface area contributed by atoms with Gasteiger partial charge in [-0.25, -0.2) is 0 Å². The third-order valence-electron chi connectivity index (χ3n) is 4.30. The summed E-state index contributed by atoms with van der Waals surface area (Å²) in [5.41, 5.74) is 0.187. The highest BCUT2D eigenvalue weighted by molar-refractivity contribution is 6.34. The molecule has 0 saturated carbocycles. The first-order chi connectivity index (χ1) is 11.8. The van der Waals surface area contributed by atoms with Gasteiger partial charge in [0.05, 0.1) is 0 Å². The van der Waals surface area contributed by atoms with Crippen molar-refractivity contribution in [1.29, 1.82) is 0 Å². The molecule has 0 bridgehead atoms. The number of rotatable bonds is 8. The van der Waals surface area contributed by atoms with Crippen LogP contribution in [0, 0.1) is 0 Å². The lowest BCUT2D eigenvalue weighted by atomic mass is 9.86. The Labute approximate surface area is 155 Å². The molecule has 136 valence electrons. The fourth-order valence-electron chi connectivity index (χ4n) is 2.97. The van der Waals surface area contributed by atoms with Crippen molar-refractivity contribution < 1.29 is 19.5 Å². The average Bonchev–Trinajstić information content (AvgIpc) is 2.90. The van der Waals surface area contributed by atoms with Gasteiger partial charge in [0.2, 0.25) is 11.8 Å². The summed E-state index contributed by atoms with van der Waals surface area (Å²) >= 11 is 11.8. The van der Waals surface area contributed by atoms with Gasteiger partial charge in [0.1, 0.15) is 0 Å². The molecule has 6 nitrogen and oxygen atoms in total. The average molecular weight is 387 g/mol. The highest BCUT2D eigenvalue weighted by Crippen LogP contribution is 2.30. The molecule has 1 atom stereocenters. The first-order valence-corrected chi connectivity index (χ1v) is 8.78. The second-order valence-electron chi connectivity index (χ2n) is 6.28. The largest absolute Gasteiger partial charge is 0.481 e. The van der Waals surface area contributed by atoms with E-state index in [0.717, 1.165) is 5.56 Å². The molecule has 0 spiro atoms. The van der Waals surface area contributed by atoms with Crippen LogP contribution in [-0.2, 0) is 20.9 Å². The highest BCUT2D eigenvalue weighted by Gasteiger charge is 2.37. The SMILES string of the molecule is O=C(O)CC[C@]1(CCC(=O)NCc2cc(Cl)cc(Cl)c2)CCC(=O)N1. The molecule has 3 N–H and O–H groups in total. The van der Waals surface area contributed by atoms with E-state index in [9.17, 15) is 14.4 Å². The van der Waals surface area contributed by atoms with Crippen LogP contribution in [0.3, 0.4) is 0 Å². The van der Waals surface area contributed by atoms with E-state index in [1.165, 1.54) is 0 Å². The van der Waals surface area contributed by atoms with Crippen LogP contribution in [-0.4, -0.2) is 28.4 Å². The van der Waals surface area contributed by atoms with E-state index in [4.69, 9.17) is 28.3 Å². The zero-order chi connectivity index (χ0) is 18.4. The molecule has 2 rings (SSSR count). The Morgan fingerprint density at radius 1 is 1.16 bits per heavy atom. The van der Waals surface area contributed by atoms with Crippen molar-refractivity contribution in [1.82, 2.24) is 10.6 Å². The Hall–Kier alpha value is -1.79. The van der Waals surface area contributed by atoms with Crippen LogP contribution >= 0.6 is 23.2 Å². The van der Waals surface area contributed by atoms with Crippen LogP contribution in [0.5, 0.6) is 0 Å². The fraction of sp³-hybridized carbons (Fsp3) is 0.471. The van der Waals surface area contributed by atoms with Gasteiger partial charge < -0.3 is 15.7 Å². The van der Waals surface area contributed by atoms with E-state index >= 15 is 0 Å². The Morgan fingerprint density at radius 3 is 2.36 bits per heavy atom. The van der Waals surface area contributed by atoms with Crippen LogP contribution in [0.2, 0.25) is 10.0 Å². The fourth-order valence-corrected chi connectivity index (χ4v) is 3.55. The minimum atomic E-state index is -0.914. The van der Waals surface area contributed by atoms with Gasteiger partial charge in [-0.2, -0.15) is 0 Å². The first-order valence-electron chi connectivity index (χ1n) is 8.02. The molecular formula is C17H20Cl2N2O4. The van der Waals surface area contributed by atoms with E-state index in [0.29, 0.717) is 42.3 Å². The van der Waals surface area contributed by atoms with Gasteiger partial charge in [0.15, 0.2) is 0 Å². The van der Waals surface area contributed by atoms with Crippen molar-refractivity contribution in [3.63, 3.8) is 0 Å². The molecule has 2 amide bonds. The summed E-state index contributed by atoms with van der Waals surface area (Å²) in [6.45, 7) is 0.299. The predicted molar refractivity (Wildman–Crippen MR) is 94.5 cm³/mol. The van der Waals surface area contributed by atoms with Crippen molar-refractivity contribution in [2.45, 2.75) is 50.6 Å². The first kappa shape index (κ1) is 19.5. The predicted octanol–water partition coefficient (Wildman–Crippen LogP) is 2.90. The van der Waals surface area contributed by atoms with Crippen LogP contribution in [0.4, 0.5) is 0 Å². The molecule has 1 fully saturated rings. The van der Waals surface area contributed by atoms with E-state index in [2.05, 4.69) is 10.6 Å². The van der Waals surface area contributed by atoms with Crippen molar-refractivity contribution in [3.05, 3.63) is 33.8 Å². The van der Waals surface area contributed by atoms with Gasteiger partial charge in [-0.05, 0) is 43.0 Å². The summed E-state index contributed by atoms with van der Waals surface area (Å²) in [6.07, 6.45) is 1.81. The van der Waals surface area contributed by atoms with Crippen molar-refractivity contribution in [2.75, 3.05) is 0 Å². The number of carbonyl (C=O) groups excluding carboxylic acids is 2. The van der Waals surface area contributed by atoms with E-state index in [-0.39, 0.29) is 24.7 Å². The molecule has 0 aromatic heterocycles. The van der Waals surface area contributed by atoms with Gasteiger partial charge >= 0.3 is 5.97 Å². The van der Waals surface area contributed by atoms with Crippen LogP contribution in [0.25, 0.3) is 0 Å². The van der Waals surface area contributed by atoms with Gasteiger partial charge in [-0.1, -0.05) is 23.2 Å². The lowest BCUT2D eigenvalue weighted by molar-refractivity contribution is -0.137. The Kier molecular flexibility index (Phi) is 6.67. The standard InChI is InChI=1S/C17H20Cl2N2O4/c18-12-7-11(8-13(19)9-12)10-20-14(22)1-4-17(6-3-16(24)25)5-2-15(23)21-17/h7-9H,1-6,10H2,(H,20,22)(H,21,23)(H,24,25)/t17-/m0/s1. The quantitative estimate of drug-likeness (QED) is 0.639. The molecule has 1 aromatic rings. The number of carboxylic acid groups (broad SMARTS) is 1. The van der Waals surface area contributed by atoms with Gasteiger partial charge in [0, 0.05) is 41.4 Å². The summed E-state index contributed by atoms with van der Waals surface area (Å²) in [4.78, 5) is 34.5. The Bertz CT molecular complexity index is 660. The number of hydrogen-bond donors (Lipinski definition) is 3. The molecule has 0 aliphatic carbocycles. The summed E-state index contributed by atoms with van der Waals surface area (Å²) in [5.74, 6) is -1.19. The maximum absolute atomic E-state index is 12.1. The third-order valence-corrected chi connectivity index (χ3v) is 4.73. The lowest BCUT2D eigenvalue weighted by Gasteiger charge is -2.28. The van der Waals surface area contributed by atoms with Crippen LogP contribution in [0.15, 0.2) is 18.2 Å². The highest BCUT2D eigenvalue weighted by atomic mass is 35.5. The monoisotopic (exact) mass is 386 g/mol. The van der Waals surface area contributed by atoms with Crippen LogP contribution < -0.4 is 10.6 Å². The summed E-state index contributed by atoms with van der Waals surface area (Å²) in [6, 6.07) is 5.06. The lowest BCUT2D eigenvalue weighted by Crippen LogP contribution is -2.43. The molecule has 1 aromatic carbocycles. The van der Waals surface area contributed by atoms with Crippen molar-refractivity contribution in [2.24, 2.45) is 0 Å². The van der Waals surface area contributed by atoms with Crippen molar-refractivity contribution >= 4 is 41.0 Å². The van der Waals surface area contributed by atoms with Crippen molar-refractivity contribution in [3.8, 4) is 0 Å². The summed E-state index contributed by atoms with van der Waals surface area (Å²) in [7, 11) is 0. The van der Waals surface area contributed by atoms with Gasteiger partial charge in [-0.3, -0.25) is 14.4 Å². The zero-order valence-corrected chi connectivity index (χ0v) is 15.1. The third kappa shape index (κ3) is 6.21. The molecule has 1 heterocycles. The molecular weight excluding hydrogens is 367 g/mol. The maximum atomic E-state index is 12.1. The number of carboxylic acids is 1. The number of nitrogens with one attached hydrogen (secondary N) is 2. The second kappa shape index (κ2) is 8.54. The van der Waals surface area contributed by atoms with E-state index in [1.54, 1.807) is 18.2 Å². The molecule has 1 aliphatic rings.